The summed E-state index contributed by atoms with van der Waals surface area (Å²) in [6, 6.07) is 15.5. The average molecular weight is 535 g/mol. The molecule has 192 valence electrons. The standard InChI is InChI=1S/C26H19ClN4O7/c1-15-5-2-3-8-21(15)28-23(32)14-38-22-10-9-16(12-20(22)27)11-19-24(33)29-26(35)30(25(19)34)17-6-4-7-18(13-17)31(36)37/h2-13H,14H2,1H3,(H,28,32)(H,29,33,35)/b19-11-. The Morgan fingerprint density at radius 3 is 2.58 bits per heavy atom. The van der Waals surface area contributed by atoms with E-state index in [4.69, 9.17) is 16.3 Å². The van der Waals surface area contributed by atoms with Crippen molar-refractivity contribution < 1.29 is 28.8 Å². The number of urea groups is 1. The maximum Gasteiger partial charge on any atom is 0.335 e. The second-order valence-electron chi connectivity index (χ2n) is 8.08. The SMILES string of the molecule is Cc1ccccc1NC(=O)COc1ccc(/C=C2/C(=O)NC(=O)N(c3cccc([N+](=O)[O-])c3)C2=O)cc1Cl. The summed E-state index contributed by atoms with van der Waals surface area (Å²) in [6.45, 7) is 1.55. The minimum absolute atomic E-state index is 0.0779. The summed E-state index contributed by atoms with van der Waals surface area (Å²) in [7, 11) is 0. The van der Waals surface area contributed by atoms with Crippen LogP contribution < -0.4 is 20.3 Å². The van der Waals surface area contributed by atoms with E-state index in [9.17, 15) is 29.3 Å². The quantitative estimate of drug-likeness (QED) is 0.199. The highest BCUT2D eigenvalue weighted by Crippen LogP contribution is 2.29. The minimum atomic E-state index is -1.04. The van der Waals surface area contributed by atoms with Crippen LogP contribution >= 0.6 is 11.6 Å². The van der Waals surface area contributed by atoms with Crippen LogP contribution in [0.1, 0.15) is 11.1 Å². The molecule has 4 rings (SSSR count). The number of imide groups is 2. The fourth-order valence-electron chi connectivity index (χ4n) is 3.57. The van der Waals surface area contributed by atoms with E-state index in [2.05, 4.69) is 5.32 Å². The van der Waals surface area contributed by atoms with Gasteiger partial charge in [-0.05, 0) is 48.4 Å². The van der Waals surface area contributed by atoms with Gasteiger partial charge in [0.2, 0.25) is 0 Å². The van der Waals surface area contributed by atoms with Gasteiger partial charge in [0.25, 0.3) is 23.4 Å². The zero-order chi connectivity index (χ0) is 27.4. The maximum absolute atomic E-state index is 13.0. The van der Waals surface area contributed by atoms with E-state index in [1.165, 1.54) is 42.5 Å². The summed E-state index contributed by atoms with van der Waals surface area (Å²) < 4.78 is 5.50. The molecule has 3 aromatic rings. The van der Waals surface area contributed by atoms with E-state index in [1.54, 1.807) is 12.1 Å². The lowest BCUT2D eigenvalue weighted by atomic mass is 10.1. The number of ether oxygens (including phenoxy) is 1. The molecular weight excluding hydrogens is 516 g/mol. The normalized spacial score (nSPS) is 14.3. The van der Waals surface area contributed by atoms with E-state index in [0.717, 1.165) is 11.6 Å². The molecular formula is C26H19ClN4O7. The number of nitrogens with one attached hydrogen (secondary N) is 2. The summed E-state index contributed by atoms with van der Waals surface area (Å²) >= 11 is 6.28. The number of barbiturate groups is 1. The number of nitrogens with zero attached hydrogens (tertiary/aromatic N) is 2. The van der Waals surface area contributed by atoms with Gasteiger partial charge in [0.1, 0.15) is 11.3 Å². The lowest BCUT2D eigenvalue weighted by Crippen LogP contribution is -2.54. The van der Waals surface area contributed by atoms with Gasteiger partial charge in [-0.2, -0.15) is 0 Å². The van der Waals surface area contributed by atoms with Crippen molar-refractivity contribution in [2.24, 2.45) is 0 Å². The highest BCUT2D eigenvalue weighted by atomic mass is 35.5. The van der Waals surface area contributed by atoms with Crippen LogP contribution in [0.4, 0.5) is 21.9 Å². The summed E-state index contributed by atoms with van der Waals surface area (Å²) in [6.07, 6.45) is 1.22. The maximum atomic E-state index is 13.0. The van der Waals surface area contributed by atoms with Crippen LogP contribution in [0.25, 0.3) is 6.08 Å². The molecule has 0 radical (unpaired) electrons. The number of carbonyl (C=O) groups excluding carboxylic acids is 4. The smallest absolute Gasteiger partial charge is 0.335 e. The number of carbonyl (C=O) groups is 4. The number of hydrogen-bond donors (Lipinski definition) is 2. The van der Waals surface area contributed by atoms with Crippen molar-refractivity contribution in [3.63, 3.8) is 0 Å². The number of amides is 5. The van der Waals surface area contributed by atoms with Crippen LogP contribution in [0.5, 0.6) is 5.75 Å². The molecule has 1 heterocycles. The van der Waals surface area contributed by atoms with Crippen molar-refractivity contribution >= 4 is 58.5 Å². The Balaban J connectivity index is 1.50. The number of nitro groups is 1. The molecule has 38 heavy (non-hydrogen) atoms. The number of halogens is 1. The second kappa shape index (κ2) is 10.9. The molecule has 0 saturated carbocycles. The number of non-ortho nitro benzene ring substituents is 1. The molecule has 1 aliphatic rings. The average Bonchev–Trinajstić information content (AvgIpc) is 2.87. The van der Waals surface area contributed by atoms with Gasteiger partial charge >= 0.3 is 6.03 Å². The van der Waals surface area contributed by atoms with Gasteiger partial charge in [-0.25, -0.2) is 9.69 Å². The van der Waals surface area contributed by atoms with Crippen LogP contribution in [0, 0.1) is 17.0 Å². The molecule has 0 spiro atoms. The van der Waals surface area contributed by atoms with Crippen LogP contribution in [0.3, 0.4) is 0 Å². The van der Waals surface area contributed by atoms with Gasteiger partial charge < -0.3 is 10.1 Å². The second-order valence-corrected chi connectivity index (χ2v) is 8.48. The van der Waals surface area contributed by atoms with Gasteiger partial charge in [-0.15, -0.1) is 0 Å². The first kappa shape index (κ1) is 26.0. The van der Waals surface area contributed by atoms with Crippen LogP contribution in [-0.4, -0.2) is 35.3 Å². The van der Waals surface area contributed by atoms with Gasteiger partial charge in [0, 0.05) is 17.8 Å². The van der Waals surface area contributed by atoms with Crippen molar-refractivity contribution in [1.82, 2.24) is 5.32 Å². The van der Waals surface area contributed by atoms with Crippen molar-refractivity contribution in [1.29, 1.82) is 0 Å². The fraction of sp³-hybridized carbons (Fsp3) is 0.0769. The third-order valence-corrected chi connectivity index (χ3v) is 5.74. The molecule has 3 aromatic carbocycles. The van der Waals surface area contributed by atoms with E-state index >= 15 is 0 Å². The lowest BCUT2D eigenvalue weighted by molar-refractivity contribution is -0.384. The Bertz CT molecular complexity index is 1520. The van der Waals surface area contributed by atoms with Crippen LogP contribution in [-0.2, 0) is 14.4 Å². The third kappa shape index (κ3) is 5.68. The predicted octanol–water partition coefficient (Wildman–Crippen LogP) is 4.24. The van der Waals surface area contributed by atoms with E-state index in [-0.39, 0.29) is 28.8 Å². The third-order valence-electron chi connectivity index (χ3n) is 5.45. The zero-order valence-electron chi connectivity index (χ0n) is 19.8. The number of rotatable bonds is 7. The predicted molar refractivity (Wildman–Crippen MR) is 139 cm³/mol. The molecule has 2 N–H and O–H groups in total. The number of anilines is 2. The van der Waals surface area contributed by atoms with Crippen molar-refractivity contribution in [3.05, 3.63) is 98.6 Å². The van der Waals surface area contributed by atoms with Gasteiger partial charge in [0.15, 0.2) is 6.61 Å². The van der Waals surface area contributed by atoms with Gasteiger partial charge in [0.05, 0.1) is 15.6 Å². The number of aryl methyl sites for hydroxylation is 1. The summed E-state index contributed by atoms with van der Waals surface area (Å²) in [5.41, 5.74) is 1.08. The first-order chi connectivity index (χ1) is 18.1. The molecule has 0 unspecified atom stereocenters. The van der Waals surface area contributed by atoms with Crippen molar-refractivity contribution in [2.45, 2.75) is 6.92 Å². The molecule has 1 saturated heterocycles. The highest BCUT2D eigenvalue weighted by Gasteiger charge is 2.37. The monoisotopic (exact) mass is 534 g/mol. The molecule has 0 bridgehead atoms. The number of hydrogen-bond acceptors (Lipinski definition) is 7. The first-order valence-electron chi connectivity index (χ1n) is 11.1. The van der Waals surface area contributed by atoms with E-state index < -0.39 is 34.2 Å². The summed E-state index contributed by atoms with van der Waals surface area (Å²) in [4.78, 5) is 61.1. The first-order valence-corrected chi connectivity index (χ1v) is 11.5. The molecule has 11 nitrogen and oxygen atoms in total. The van der Waals surface area contributed by atoms with Gasteiger partial charge in [-0.1, -0.05) is 41.9 Å². The van der Waals surface area contributed by atoms with Crippen molar-refractivity contribution in [3.8, 4) is 5.75 Å². The zero-order valence-corrected chi connectivity index (χ0v) is 20.5. The highest BCUT2D eigenvalue weighted by molar-refractivity contribution is 6.39. The Hall–Kier alpha value is -5.03. The van der Waals surface area contributed by atoms with Crippen molar-refractivity contribution in [2.75, 3.05) is 16.8 Å². The summed E-state index contributed by atoms with van der Waals surface area (Å²) in [5.74, 6) is -2.10. The Morgan fingerprint density at radius 2 is 1.87 bits per heavy atom. The minimum Gasteiger partial charge on any atom is -0.482 e. The molecule has 0 aliphatic carbocycles. The Kier molecular flexibility index (Phi) is 7.49. The number of benzene rings is 3. The molecule has 0 aromatic heterocycles. The molecule has 12 heteroatoms. The van der Waals surface area contributed by atoms with E-state index in [0.29, 0.717) is 16.2 Å². The molecule has 0 atom stereocenters. The Morgan fingerprint density at radius 1 is 1.11 bits per heavy atom. The lowest BCUT2D eigenvalue weighted by Gasteiger charge is -2.26. The fourth-order valence-corrected chi connectivity index (χ4v) is 3.81. The molecule has 1 fully saturated rings. The topological polar surface area (TPSA) is 148 Å². The van der Waals surface area contributed by atoms with Gasteiger partial charge in [-0.3, -0.25) is 29.8 Å². The number of nitro benzene ring substituents is 1. The van der Waals surface area contributed by atoms with Crippen LogP contribution in [0.2, 0.25) is 5.02 Å². The molecule has 1 aliphatic heterocycles. The Labute approximate surface area is 220 Å². The van der Waals surface area contributed by atoms with Crippen LogP contribution in [0.15, 0.2) is 72.3 Å². The van der Waals surface area contributed by atoms with E-state index in [1.807, 2.05) is 24.4 Å². The number of para-hydroxylation sites is 1. The summed E-state index contributed by atoms with van der Waals surface area (Å²) in [5, 5.41) is 16.0. The largest absolute Gasteiger partial charge is 0.482 e. The molecule has 5 amide bonds.